The zero-order chi connectivity index (χ0) is 12.4. The van der Waals surface area contributed by atoms with Crippen LogP contribution in [0.5, 0.6) is 0 Å². The molecule has 0 unspecified atom stereocenters. The molecule has 1 aromatic carbocycles. The minimum Gasteiger partial charge on any atom is -0.276 e. The van der Waals surface area contributed by atoms with E-state index in [1.54, 1.807) is 0 Å². The van der Waals surface area contributed by atoms with Crippen LogP contribution in [-0.2, 0) is 0 Å². The molecule has 7 heteroatoms. The van der Waals surface area contributed by atoms with Gasteiger partial charge in [0.05, 0.1) is 5.69 Å². The highest BCUT2D eigenvalue weighted by Gasteiger charge is 2.03. The normalized spacial score (nSPS) is 11.9. The molecule has 0 saturated heterocycles. The number of hydrogen-bond acceptors (Lipinski definition) is 5. The van der Waals surface area contributed by atoms with Gasteiger partial charge in [0.25, 0.3) is 0 Å². The van der Waals surface area contributed by atoms with Crippen LogP contribution in [0, 0.1) is 0 Å². The number of rotatable bonds is 2. The Bertz CT molecular complexity index is 714. The van der Waals surface area contributed by atoms with E-state index in [1.807, 2.05) is 36.4 Å². The van der Waals surface area contributed by atoms with E-state index in [2.05, 4.69) is 19.6 Å². The molecule has 0 aliphatic carbocycles. The second-order valence-corrected chi connectivity index (χ2v) is 5.65. The monoisotopic (exact) mass is 294 g/mol. The smallest absolute Gasteiger partial charge is 0.179 e. The molecule has 0 aliphatic heterocycles. The van der Waals surface area contributed by atoms with E-state index < -0.39 is 0 Å². The minimum atomic E-state index is 0.425. The molecular weight excluding hydrogens is 288 g/mol. The van der Waals surface area contributed by atoms with E-state index in [0.29, 0.717) is 15.6 Å². The zero-order valence-electron chi connectivity index (χ0n) is 9.00. The van der Waals surface area contributed by atoms with Gasteiger partial charge in [0, 0.05) is 16.6 Å². The van der Waals surface area contributed by atoms with Crippen molar-refractivity contribution in [3.8, 4) is 11.3 Å². The lowest BCUT2D eigenvalue weighted by atomic mass is 10.2. The third kappa shape index (κ3) is 2.35. The molecule has 0 radical (unpaired) electrons. The number of nitrogens with one attached hydrogen (secondary N) is 1. The predicted octanol–water partition coefficient (Wildman–Crippen LogP) is 3.48. The van der Waals surface area contributed by atoms with E-state index in [1.165, 1.54) is 20.9 Å². The number of halogens is 1. The summed E-state index contributed by atoms with van der Waals surface area (Å²) in [5.74, 6) is 0.604. The lowest BCUT2D eigenvalue weighted by molar-refractivity contribution is 1.08. The SMILES string of the molecule is Clc1nssc1=Nc1cc(-c2ccccc2)[nH]n1. The van der Waals surface area contributed by atoms with Crippen LogP contribution in [0.1, 0.15) is 0 Å². The molecule has 0 amide bonds. The Morgan fingerprint density at radius 1 is 1.22 bits per heavy atom. The summed E-state index contributed by atoms with van der Waals surface area (Å²) in [5.41, 5.74) is 2.00. The summed E-state index contributed by atoms with van der Waals surface area (Å²) >= 11 is 5.89. The molecule has 2 heterocycles. The molecule has 0 atom stereocenters. The molecule has 0 fully saturated rings. The van der Waals surface area contributed by atoms with Gasteiger partial charge in [-0.25, -0.2) is 4.99 Å². The fourth-order valence-electron chi connectivity index (χ4n) is 1.46. The Kier molecular flexibility index (Phi) is 3.22. The van der Waals surface area contributed by atoms with E-state index >= 15 is 0 Å². The zero-order valence-corrected chi connectivity index (χ0v) is 11.4. The average molecular weight is 295 g/mol. The van der Waals surface area contributed by atoms with Gasteiger partial charge in [0.15, 0.2) is 15.6 Å². The Morgan fingerprint density at radius 2 is 2.06 bits per heavy atom. The molecule has 0 bridgehead atoms. The van der Waals surface area contributed by atoms with Crippen LogP contribution < -0.4 is 4.67 Å². The second kappa shape index (κ2) is 5.01. The van der Waals surface area contributed by atoms with Gasteiger partial charge in [-0.3, -0.25) is 5.10 Å². The van der Waals surface area contributed by atoms with Crippen molar-refractivity contribution in [1.82, 2.24) is 14.6 Å². The Morgan fingerprint density at radius 3 is 2.78 bits per heavy atom. The fourth-order valence-corrected chi connectivity index (χ4v) is 3.44. The van der Waals surface area contributed by atoms with Crippen molar-refractivity contribution in [2.24, 2.45) is 4.99 Å². The number of aromatic nitrogens is 3. The minimum absolute atomic E-state index is 0.425. The topological polar surface area (TPSA) is 53.9 Å². The summed E-state index contributed by atoms with van der Waals surface area (Å²) in [5, 5.41) is 7.52. The van der Waals surface area contributed by atoms with Crippen LogP contribution in [0.4, 0.5) is 5.82 Å². The molecule has 0 spiro atoms. The predicted molar refractivity (Wildman–Crippen MR) is 74.2 cm³/mol. The van der Waals surface area contributed by atoms with Crippen molar-refractivity contribution in [2.45, 2.75) is 0 Å². The van der Waals surface area contributed by atoms with Gasteiger partial charge in [-0.15, -0.1) is 0 Å². The Labute approximate surface area is 115 Å². The van der Waals surface area contributed by atoms with Crippen LogP contribution in [0.2, 0.25) is 5.15 Å². The quantitative estimate of drug-likeness (QED) is 0.736. The number of hydrogen-bond donors (Lipinski definition) is 1. The maximum Gasteiger partial charge on any atom is 0.179 e. The highest BCUT2D eigenvalue weighted by Crippen LogP contribution is 2.20. The van der Waals surface area contributed by atoms with Crippen molar-refractivity contribution >= 4 is 38.3 Å². The first-order valence-electron chi connectivity index (χ1n) is 5.10. The maximum atomic E-state index is 5.89. The third-order valence-electron chi connectivity index (χ3n) is 2.28. The van der Waals surface area contributed by atoms with Crippen LogP contribution >= 0.6 is 32.5 Å². The molecule has 2 aromatic heterocycles. The molecule has 3 rings (SSSR count). The number of nitrogens with zero attached hydrogens (tertiary/aromatic N) is 3. The third-order valence-corrected chi connectivity index (χ3v) is 4.45. The number of H-pyrrole nitrogens is 1. The molecule has 18 heavy (non-hydrogen) atoms. The number of aromatic amines is 1. The first kappa shape index (κ1) is 11.6. The Hall–Kier alpha value is -1.50. The van der Waals surface area contributed by atoms with E-state index in [-0.39, 0.29) is 0 Å². The number of benzene rings is 1. The fraction of sp³-hybridized carbons (Fsp3) is 0. The van der Waals surface area contributed by atoms with Crippen LogP contribution in [0.25, 0.3) is 11.3 Å². The van der Waals surface area contributed by atoms with Gasteiger partial charge in [0.2, 0.25) is 0 Å². The molecule has 90 valence electrons. The lowest BCUT2D eigenvalue weighted by Crippen LogP contribution is -1.92. The largest absolute Gasteiger partial charge is 0.276 e. The second-order valence-electron chi connectivity index (χ2n) is 3.46. The summed E-state index contributed by atoms with van der Waals surface area (Å²) in [4.78, 5) is 4.34. The molecule has 4 nitrogen and oxygen atoms in total. The summed E-state index contributed by atoms with van der Waals surface area (Å²) in [6.07, 6.45) is 0. The first-order valence-corrected chi connectivity index (χ1v) is 7.58. The van der Waals surface area contributed by atoms with Crippen molar-refractivity contribution in [3.63, 3.8) is 0 Å². The summed E-state index contributed by atoms with van der Waals surface area (Å²) < 4.78 is 4.66. The molecule has 1 N–H and O–H groups in total. The average Bonchev–Trinajstić information content (AvgIpc) is 3.02. The van der Waals surface area contributed by atoms with Gasteiger partial charge in [-0.05, 0) is 15.9 Å². The highest BCUT2D eigenvalue weighted by atomic mass is 35.5. The summed E-state index contributed by atoms with van der Waals surface area (Å²) in [6, 6.07) is 11.8. The molecule has 0 saturated carbocycles. The Balaban J connectivity index is 1.99. The highest BCUT2D eigenvalue weighted by molar-refractivity contribution is 7.66. The molecule has 3 aromatic rings. The van der Waals surface area contributed by atoms with Gasteiger partial charge >= 0.3 is 0 Å². The van der Waals surface area contributed by atoms with Gasteiger partial charge < -0.3 is 0 Å². The van der Waals surface area contributed by atoms with E-state index in [0.717, 1.165) is 11.3 Å². The van der Waals surface area contributed by atoms with E-state index in [9.17, 15) is 0 Å². The van der Waals surface area contributed by atoms with Crippen molar-refractivity contribution in [2.75, 3.05) is 0 Å². The van der Waals surface area contributed by atoms with Gasteiger partial charge in [0.1, 0.15) is 0 Å². The van der Waals surface area contributed by atoms with Crippen molar-refractivity contribution < 1.29 is 0 Å². The lowest BCUT2D eigenvalue weighted by Gasteiger charge is -1.93. The van der Waals surface area contributed by atoms with Gasteiger partial charge in [-0.1, -0.05) is 41.9 Å². The van der Waals surface area contributed by atoms with Crippen molar-refractivity contribution in [1.29, 1.82) is 0 Å². The standard InChI is InChI=1S/C11H7ClN4S2/c12-10-11(17-18-16-10)13-9-6-8(14-15-9)7-4-2-1-3-5-7/h1-6H,(H,14,15). The molecule has 0 aliphatic rings. The first-order chi connectivity index (χ1) is 8.83. The van der Waals surface area contributed by atoms with Gasteiger partial charge in [-0.2, -0.15) is 9.47 Å². The maximum absolute atomic E-state index is 5.89. The molecular formula is C11H7ClN4S2. The van der Waals surface area contributed by atoms with Crippen LogP contribution in [-0.4, -0.2) is 14.6 Å². The van der Waals surface area contributed by atoms with Crippen LogP contribution in [0.15, 0.2) is 41.4 Å². The summed E-state index contributed by atoms with van der Waals surface area (Å²) in [6.45, 7) is 0. The summed E-state index contributed by atoms with van der Waals surface area (Å²) in [7, 11) is 2.74. The van der Waals surface area contributed by atoms with Crippen LogP contribution in [0.3, 0.4) is 0 Å². The van der Waals surface area contributed by atoms with Crippen molar-refractivity contribution in [3.05, 3.63) is 46.2 Å². The van der Waals surface area contributed by atoms with E-state index in [4.69, 9.17) is 11.6 Å².